The number of hydrogen-bond donors (Lipinski definition) is 0. The standard InChI is InChI=1S/C32H41N3O2/c1-33-19-16-28(17-20-33)32(36)35-18-6-7-26(22-35)24-37-30-14-12-25(13-15-30)21-34(2)23-29-10-5-9-27-8-3-4-11-31(27)29/h3-5,8-15,26,28H,6-7,16-24H2,1-2H3/t26-/m1/s1. The van der Waals surface area contributed by atoms with Gasteiger partial charge in [0.2, 0.25) is 5.91 Å². The quantitative estimate of drug-likeness (QED) is 0.414. The average Bonchev–Trinajstić information content (AvgIpc) is 2.93. The van der Waals surface area contributed by atoms with Gasteiger partial charge in [-0.05, 0) is 86.9 Å². The number of nitrogens with zero attached hydrogens (tertiary/aromatic N) is 3. The van der Waals surface area contributed by atoms with Crippen molar-refractivity contribution in [2.45, 2.75) is 38.8 Å². The molecule has 0 aliphatic carbocycles. The second kappa shape index (κ2) is 12.1. The molecule has 0 unspecified atom stereocenters. The number of piperidine rings is 2. The van der Waals surface area contributed by atoms with Gasteiger partial charge in [-0.2, -0.15) is 0 Å². The molecule has 0 N–H and O–H groups in total. The third kappa shape index (κ3) is 6.71. The lowest BCUT2D eigenvalue weighted by molar-refractivity contribution is -0.139. The molecular formula is C32H41N3O2. The zero-order valence-electron chi connectivity index (χ0n) is 22.4. The van der Waals surface area contributed by atoms with E-state index in [1.807, 2.05) is 0 Å². The molecule has 1 amide bonds. The van der Waals surface area contributed by atoms with Crippen molar-refractivity contribution < 1.29 is 9.53 Å². The summed E-state index contributed by atoms with van der Waals surface area (Å²) in [5.41, 5.74) is 2.64. The van der Waals surface area contributed by atoms with E-state index in [1.54, 1.807) is 0 Å². The fraction of sp³-hybridized carbons (Fsp3) is 0.469. The molecule has 2 fully saturated rings. The van der Waals surface area contributed by atoms with Gasteiger partial charge >= 0.3 is 0 Å². The van der Waals surface area contributed by atoms with Crippen LogP contribution in [0, 0.1) is 11.8 Å². The molecule has 3 aromatic rings. The molecule has 0 saturated carbocycles. The minimum Gasteiger partial charge on any atom is -0.493 e. The van der Waals surface area contributed by atoms with Gasteiger partial charge in [-0.15, -0.1) is 0 Å². The molecule has 5 nitrogen and oxygen atoms in total. The van der Waals surface area contributed by atoms with Crippen LogP contribution in [0.15, 0.2) is 66.7 Å². The molecule has 37 heavy (non-hydrogen) atoms. The van der Waals surface area contributed by atoms with Gasteiger partial charge < -0.3 is 14.5 Å². The largest absolute Gasteiger partial charge is 0.493 e. The van der Waals surface area contributed by atoms with E-state index in [9.17, 15) is 4.79 Å². The fourth-order valence-corrected chi connectivity index (χ4v) is 5.91. The van der Waals surface area contributed by atoms with Crippen molar-refractivity contribution in [1.29, 1.82) is 0 Å². The van der Waals surface area contributed by atoms with Crippen LogP contribution in [0.1, 0.15) is 36.8 Å². The van der Waals surface area contributed by atoms with Crippen molar-refractivity contribution in [1.82, 2.24) is 14.7 Å². The molecule has 0 spiro atoms. The lowest BCUT2D eigenvalue weighted by Gasteiger charge is -2.37. The summed E-state index contributed by atoms with van der Waals surface area (Å²) in [4.78, 5) is 19.8. The second-order valence-corrected chi connectivity index (χ2v) is 11.1. The zero-order chi connectivity index (χ0) is 25.6. The molecule has 2 heterocycles. The minimum atomic E-state index is 0.210. The molecule has 5 heteroatoms. The molecule has 0 aromatic heterocycles. The Labute approximate surface area is 222 Å². The predicted octanol–water partition coefficient (Wildman–Crippen LogP) is 5.43. The molecule has 0 bridgehead atoms. The first-order valence-corrected chi connectivity index (χ1v) is 13.9. The number of likely N-dealkylation sites (tertiary alicyclic amines) is 2. The van der Waals surface area contributed by atoms with Crippen LogP contribution < -0.4 is 4.74 Å². The first kappa shape index (κ1) is 25.7. The highest BCUT2D eigenvalue weighted by Gasteiger charge is 2.30. The number of rotatable bonds is 8. The fourth-order valence-electron chi connectivity index (χ4n) is 5.91. The van der Waals surface area contributed by atoms with E-state index in [2.05, 4.69) is 95.5 Å². The summed E-state index contributed by atoms with van der Waals surface area (Å²) in [6.45, 7) is 6.29. The second-order valence-electron chi connectivity index (χ2n) is 11.1. The normalized spacial score (nSPS) is 19.4. The summed E-state index contributed by atoms with van der Waals surface area (Å²) >= 11 is 0. The van der Waals surface area contributed by atoms with E-state index in [1.165, 1.54) is 21.9 Å². The van der Waals surface area contributed by atoms with Crippen molar-refractivity contribution >= 4 is 16.7 Å². The number of carbonyl (C=O) groups is 1. The number of fused-ring (bicyclic) bond motifs is 1. The summed E-state index contributed by atoms with van der Waals surface area (Å²) in [5.74, 6) is 1.91. The summed E-state index contributed by atoms with van der Waals surface area (Å²) in [6.07, 6.45) is 4.20. The molecule has 3 aromatic carbocycles. The van der Waals surface area contributed by atoms with Crippen LogP contribution in [0.4, 0.5) is 0 Å². The van der Waals surface area contributed by atoms with Crippen LogP contribution in [0.5, 0.6) is 5.75 Å². The van der Waals surface area contributed by atoms with Crippen molar-refractivity contribution in [2.24, 2.45) is 11.8 Å². The van der Waals surface area contributed by atoms with Gasteiger partial charge in [-0.3, -0.25) is 9.69 Å². The molecule has 0 radical (unpaired) electrons. The maximum Gasteiger partial charge on any atom is 0.225 e. The third-order valence-corrected chi connectivity index (χ3v) is 8.08. The summed E-state index contributed by atoms with van der Waals surface area (Å²) in [7, 11) is 4.32. The van der Waals surface area contributed by atoms with E-state index < -0.39 is 0 Å². The van der Waals surface area contributed by atoms with Crippen molar-refractivity contribution in [3.05, 3.63) is 77.9 Å². The Morgan fingerprint density at radius 2 is 1.68 bits per heavy atom. The first-order chi connectivity index (χ1) is 18.0. The average molecular weight is 500 g/mol. The van der Waals surface area contributed by atoms with Crippen LogP contribution in [0.3, 0.4) is 0 Å². The zero-order valence-corrected chi connectivity index (χ0v) is 22.4. The summed E-state index contributed by atoms with van der Waals surface area (Å²) in [5, 5.41) is 2.62. The summed E-state index contributed by atoms with van der Waals surface area (Å²) in [6, 6.07) is 23.7. The smallest absolute Gasteiger partial charge is 0.225 e. The Morgan fingerprint density at radius 1 is 0.919 bits per heavy atom. The van der Waals surface area contributed by atoms with Crippen LogP contribution in [-0.4, -0.2) is 67.5 Å². The summed E-state index contributed by atoms with van der Waals surface area (Å²) < 4.78 is 6.18. The van der Waals surface area contributed by atoms with Crippen molar-refractivity contribution in [2.75, 3.05) is 46.9 Å². The molecule has 2 saturated heterocycles. The molecule has 196 valence electrons. The van der Waals surface area contributed by atoms with Crippen LogP contribution in [0.25, 0.3) is 10.8 Å². The Morgan fingerprint density at radius 3 is 2.49 bits per heavy atom. The van der Waals surface area contributed by atoms with Crippen LogP contribution >= 0.6 is 0 Å². The molecule has 1 atom stereocenters. The van der Waals surface area contributed by atoms with Gasteiger partial charge in [0.15, 0.2) is 0 Å². The van der Waals surface area contributed by atoms with Crippen molar-refractivity contribution in [3.8, 4) is 5.75 Å². The highest BCUT2D eigenvalue weighted by Crippen LogP contribution is 2.25. The maximum atomic E-state index is 13.0. The van der Waals surface area contributed by atoms with Crippen LogP contribution in [0.2, 0.25) is 0 Å². The van der Waals surface area contributed by atoms with Gasteiger partial charge in [0.1, 0.15) is 5.75 Å². The van der Waals surface area contributed by atoms with E-state index in [-0.39, 0.29) is 5.92 Å². The topological polar surface area (TPSA) is 36.0 Å². The number of carbonyl (C=O) groups excluding carboxylic acids is 1. The molecule has 2 aliphatic rings. The Bertz CT molecular complexity index is 1160. The van der Waals surface area contributed by atoms with Gasteiger partial charge in [0.05, 0.1) is 6.61 Å². The van der Waals surface area contributed by atoms with Gasteiger partial charge in [0, 0.05) is 38.0 Å². The van der Waals surface area contributed by atoms with Gasteiger partial charge in [-0.25, -0.2) is 0 Å². The SMILES string of the molecule is CN1CCC(C(=O)N2CCC[C@@H](COc3ccc(CN(C)Cc4cccc5ccccc45)cc3)C2)CC1. The molecular weight excluding hydrogens is 458 g/mol. The number of benzene rings is 3. The third-order valence-electron chi connectivity index (χ3n) is 8.08. The van der Waals surface area contributed by atoms with E-state index in [0.29, 0.717) is 18.4 Å². The molecule has 5 rings (SSSR count). The lowest BCUT2D eigenvalue weighted by atomic mass is 9.92. The Balaban J connectivity index is 1.09. The maximum absolute atomic E-state index is 13.0. The lowest BCUT2D eigenvalue weighted by Crippen LogP contribution is -2.46. The first-order valence-electron chi connectivity index (χ1n) is 13.9. The van der Waals surface area contributed by atoms with Gasteiger partial charge in [0.25, 0.3) is 0 Å². The van der Waals surface area contributed by atoms with Crippen molar-refractivity contribution in [3.63, 3.8) is 0 Å². The molecule has 2 aliphatic heterocycles. The Kier molecular flexibility index (Phi) is 8.42. The number of ether oxygens (including phenoxy) is 1. The number of amides is 1. The van der Waals surface area contributed by atoms with Crippen LogP contribution in [-0.2, 0) is 17.9 Å². The number of hydrogen-bond acceptors (Lipinski definition) is 4. The minimum absolute atomic E-state index is 0.210. The van der Waals surface area contributed by atoms with E-state index in [4.69, 9.17) is 4.74 Å². The highest BCUT2D eigenvalue weighted by molar-refractivity contribution is 5.85. The Hall–Kier alpha value is -2.89. The monoisotopic (exact) mass is 499 g/mol. The van der Waals surface area contributed by atoms with E-state index in [0.717, 1.165) is 70.7 Å². The van der Waals surface area contributed by atoms with Gasteiger partial charge in [-0.1, -0.05) is 54.6 Å². The predicted molar refractivity (Wildman–Crippen MR) is 151 cm³/mol. The van der Waals surface area contributed by atoms with E-state index >= 15 is 0 Å². The highest BCUT2D eigenvalue weighted by atomic mass is 16.5.